The van der Waals surface area contributed by atoms with E-state index in [1.54, 1.807) is 4.90 Å². The molecule has 166 valence electrons. The Morgan fingerprint density at radius 1 is 1.27 bits per heavy atom. The van der Waals surface area contributed by atoms with Gasteiger partial charge in [0.2, 0.25) is 11.8 Å². The van der Waals surface area contributed by atoms with Crippen LogP contribution in [0.1, 0.15) is 51.5 Å². The first-order valence-corrected chi connectivity index (χ1v) is 11.1. The van der Waals surface area contributed by atoms with E-state index in [-0.39, 0.29) is 23.0 Å². The van der Waals surface area contributed by atoms with Gasteiger partial charge in [0.1, 0.15) is 5.25 Å². The van der Waals surface area contributed by atoms with Gasteiger partial charge in [0.15, 0.2) is 5.17 Å². The van der Waals surface area contributed by atoms with Crippen LogP contribution in [0.25, 0.3) is 0 Å². The Kier molecular flexibility index (Phi) is 9.03. The zero-order valence-electron chi connectivity index (χ0n) is 16.9. The molecule has 0 saturated carbocycles. The molecule has 1 aromatic rings. The molecule has 10 heteroatoms. The van der Waals surface area contributed by atoms with Gasteiger partial charge in [-0.3, -0.25) is 19.5 Å². The molecule has 1 aliphatic rings. The Bertz CT molecular complexity index is 802. The average Bonchev–Trinajstić information content (AvgIpc) is 2.95. The van der Waals surface area contributed by atoms with Gasteiger partial charge in [-0.25, -0.2) is 0 Å². The van der Waals surface area contributed by atoms with Crippen molar-refractivity contribution in [2.24, 2.45) is 4.99 Å². The lowest BCUT2D eigenvalue weighted by Crippen LogP contribution is -2.34. The van der Waals surface area contributed by atoms with Crippen molar-refractivity contribution >= 4 is 46.0 Å². The van der Waals surface area contributed by atoms with Crippen LogP contribution in [-0.2, 0) is 15.8 Å². The summed E-state index contributed by atoms with van der Waals surface area (Å²) in [5, 5.41) is 2.07. The van der Waals surface area contributed by atoms with Gasteiger partial charge in [0, 0.05) is 24.5 Å². The predicted molar refractivity (Wildman–Crippen MR) is 115 cm³/mol. The lowest BCUT2D eigenvalue weighted by atomic mass is 10.1. The van der Waals surface area contributed by atoms with Gasteiger partial charge in [-0.05, 0) is 31.0 Å². The number of carbonyl (C=O) groups excluding carboxylic acids is 2. The number of nitrogens with zero attached hydrogens (tertiary/aromatic N) is 2. The summed E-state index contributed by atoms with van der Waals surface area (Å²) in [7, 11) is 0. The third kappa shape index (κ3) is 6.63. The van der Waals surface area contributed by atoms with Crippen LogP contribution in [0.2, 0.25) is 5.02 Å². The number of hydrogen-bond donors (Lipinski definition) is 1. The summed E-state index contributed by atoms with van der Waals surface area (Å²) >= 11 is 6.86. The van der Waals surface area contributed by atoms with E-state index in [1.165, 1.54) is 17.8 Å². The Hall–Kier alpha value is -1.74. The van der Waals surface area contributed by atoms with E-state index in [2.05, 4.69) is 10.3 Å². The monoisotopic (exact) mass is 463 g/mol. The van der Waals surface area contributed by atoms with Crippen LogP contribution in [0, 0.1) is 0 Å². The lowest BCUT2D eigenvalue weighted by Gasteiger charge is -2.16. The van der Waals surface area contributed by atoms with Crippen LogP contribution >= 0.6 is 23.4 Å². The summed E-state index contributed by atoms with van der Waals surface area (Å²) in [5.74, 6) is -0.898. The van der Waals surface area contributed by atoms with Crippen molar-refractivity contribution < 1.29 is 22.8 Å². The van der Waals surface area contributed by atoms with Crippen molar-refractivity contribution in [1.29, 1.82) is 0 Å². The van der Waals surface area contributed by atoms with Crippen LogP contribution in [0.5, 0.6) is 0 Å². The molecule has 1 heterocycles. The quantitative estimate of drug-likeness (QED) is 0.486. The SMILES string of the molecule is CCCCN=C1SC(CC(=O)Nc2ccc(Cl)cc2C(F)(F)F)C(=O)N1CCCC. The maximum Gasteiger partial charge on any atom is 0.418 e. The molecular formula is C20H25ClF3N3O2S. The van der Waals surface area contributed by atoms with Crippen LogP contribution in [-0.4, -0.2) is 40.2 Å². The van der Waals surface area contributed by atoms with E-state index in [4.69, 9.17) is 11.6 Å². The van der Waals surface area contributed by atoms with E-state index in [0.717, 1.165) is 37.8 Å². The van der Waals surface area contributed by atoms with Gasteiger partial charge in [-0.15, -0.1) is 0 Å². The summed E-state index contributed by atoms with van der Waals surface area (Å²) in [5.41, 5.74) is -1.41. The van der Waals surface area contributed by atoms with Crippen molar-refractivity contribution in [3.8, 4) is 0 Å². The zero-order valence-corrected chi connectivity index (χ0v) is 18.5. The van der Waals surface area contributed by atoms with E-state index in [1.807, 2.05) is 13.8 Å². The minimum atomic E-state index is -4.67. The van der Waals surface area contributed by atoms with Gasteiger partial charge in [0.05, 0.1) is 11.3 Å². The molecule has 0 bridgehead atoms. The van der Waals surface area contributed by atoms with E-state index >= 15 is 0 Å². The largest absolute Gasteiger partial charge is 0.418 e. The van der Waals surface area contributed by atoms with Crippen molar-refractivity contribution in [1.82, 2.24) is 4.90 Å². The smallest absolute Gasteiger partial charge is 0.325 e. The highest BCUT2D eigenvalue weighted by Crippen LogP contribution is 2.37. The van der Waals surface area contributed by atoms with Crippen LogP contribution in [0.4, 0.5) is 18.9 Å². The number of anilines is 1. The summed E-state index contributed by atoms with van der Waals surface area (Å²) in [6.45, 7) is 5.16. The third-order valence-corrected chi connectivity index (χ3v) is 5.89. The number of unbranched alkanes of at least 4 members (excludes halogenated alkanes) is 2. The number of nitrogens with one attached hydrogen (secondary N) is 1. The molecule has 1 aliphatic heterocycles. The number of alkyl halides is 3. The van der Waals surface area contributed by atoms with Crippen molar-refractivity contribution in [2.75, 3.05) is 18.4 Å². The fourth-order valence-corrected chi connectivity index (χ4v) is 4.21. The van der Waals surface area contributed by atoms with E-state index in [0.29, 0.717) is 18.3 Å². The number of amides is 2. The normalized spacial score (nSPS) is 18.3. The molecule has 0 aliphatic carbocycles. The Labute approximate surface area is 183 Å². The molecule has 2 amide bonds. The first-order valence-electron chi connectivity index (χ1n) is 9.86. The fraction of sp³-hybridized carbons (Fsp3) is 0.550. The van der Waals surface area contributed by atoms with Crippen molar-refractivity contribution in [3.63, 3.8) is 0 Å². The molecular weight excluding hydrogens is 439 g/mol. The number of halogens is 4. The van der Waals surface area contributed by atoms with Gasteiger partial charge in [-0.2, -0.15) is 13.2 Å². The van der Waals surface area contributed by atoms with E-state index in [9.17, 15) is 22.8 Å². The summed E-state index contributed by atoms with van der Waals surface area (Å²) in [4.78, 5) is 31.3. The minimum absolute atomic E-state index is 0.0821. The molecule has 1 unspecified atom stereocenters. The standard InChI is InChI=1S/C20H25ClF3N3O2S/c1-3-5-9-25-19-27(10-6-4-2)18(29)16(30-19)12-17(28)26-15-8-7-13(21)11-14(15)20(22,23)24/h7-8,11,16H,3-6,9-10,12H2,1-2H3,(H,26,28). The highest BCUT2D eigenvalue weighted by atomic mass is 35.5. The molecule has 0 radical (unpaired) electrons. The summed E-state index contributed by atoms with van der Waals surface area (Å²) in [6.07, 6.45) is -1.34. The number of benzene rings is 1. The maximum atomic E-state index is 13.2. The second-order valence-corrected chi connectivity index (χ2v) is 8.51. The van der Waals surface area contributed by atoms with Gasteiger partial charge < -0.3 is 5.32 Å². The van der Waals surface area contributed by atoms with Crippen LogP contribution in [0.15, 0.2) is 23.2 Å². The lowest BCUT2D eigenvalue weighted by molar-refractivity contribution is -0.137. The summed E-state index contributed by atoms with van der Waals surface area (Å²) in [6, 6.07) is 3.14. The van der Waals surface area contributed by atoms with Crippen molar-refractivity contribution in [2.45, 2.75) is 57.4 Å². The Balaban J connectivity index is 2.11. The number of amidine groups is 1. The highest BCUT2D eigenvalue weighted by Gasteiger charge is 2.39. The molecule has 0 aromatic heterocycles. The molecule has 1 fully saturated rings. The van der Waals surface area contributed by atoms with E-state index < -0.39 is 22.9 Å². The predicted octanol–water partition coefficient (Wildman–Crippen LogP) is 5.59. The second-order valence-electron chi connectivity index (χ2n) is 6.91. The number of hydrogen-bond acceptors (Lipinski definition) is 4. The minimum Gasteiger partial charge on any atom is -0.325 e. The number of aliphatic imine (C=N–C) groups is 1. The zero-order chi connectivity index (χ0) is 22.3. The summed E-state index contributed by atoms with van der Waals surface area (Å²) < 4.78 is 39.7. The van der Waals surface area contributed by atoms with Crippen LogP contribution in [0.3, 0.4) is 0 Å². The molecule has 30 heavy (non-hydrogen) atoms. The molecule has 1 atom stereocenters. The first kappa shape index (κ1) is 24.5. The molecule has 1 saturated heterocycles. The Morgan fingerprint density at radius 2 is 1.97 bits per heavy atom. The first-order chi connectivity index (χ1) is 14.2. The van der Waals surface area contributed by atoms with Gasteiger partial charge in [-0.1, -0.05) is 50.1 Å². The molecule has 2 rings (SSSR count). The number of thioether (sulfide) groups is 1. The molecule has 1 N–H and O–H groups in total. The number of carbonyl (C=O) groups is 2. The topological polar surface area (TPSA) is 61.8 Å². The average molecular weight is 464 g/mol. The molecule has 1 aromatic carbocycles. The molecule has 5 nitrogen and oxygen atoms in total. The second kappa shape index (κ2) is 11.0. The maximum absolute atomic E-state index is 13.2. The third-order valence-electron chi connectivity index (χ3n) is 4.45. The fourth-order valence-electron chi connectivity index (χ4n) is 2.85. The van der Waals surface area contributed by atoms with Crippen LogP contribution < -0.4 is 5.32 Å². The highest BCUT2D eigenvalue weighted by molar-refractivity contribution is 8.15. The Morgan fingerprint density at radius 3 is 2.60 bits per heavy atom. The van der Waals surface area contributed by atoms with Gasteiger partial charge in [0.25, 0.3) is 0 Å². The van der Waals surface area contributed by atoms with Gasteiger partial charge >= 0.3 is 6.18 Å². The number of rotatable bonds is 9. The molecule has 0 spiro atoms. The van der Waals surface area contributed by atoms with Crippen molar-refractivity contribution in [3.05, 3.63) is 28.8 Å².